The van der Waals surface area contributed by atoms with E-state index < -0.39 is 25.6 Å². The highest BCUT2D eigenvalue weighted by Crippen LogP contribution is 2.40. The van der Waals surface area contributed by atoms with Gasteiger partial charge in [0.1, 0.15) is 5.78 Å². The van der Waals surface area contributed by atoms with Gasteiger partial charge >= 0.3 is 7.60 Å². The van der Waals surface area contributed by atoms with Crippen LogP contribution in [0.15, 0.2) is 18.2 Å². The second-order valence-corrected chi connectivity index (χ2v) is 6.07. The number of hydrogen-bond donors (Lipinski definition) is 3. The zero-order valence-corrected chi connectivity index (χ0v) is 10.9. The first kappa shape index (κ1) is 14.6. The Morgan fingerprint density at radius 1 is 1.35 bits per heavy atom. The lowest BCUT2D eigenvalue weighted by Crippen LogP contribution is -2.23. The standard InChI is InChI=1S/C9H10Cl2NO4P/c10-6-2-1-5(3-7(6)11)8(13)4-9(12)17(14,15)16/h1-3,9H,4,12H2,(H2,14,15,16)/t9-/m0/s1. The molecule has 1 aromatic carbocycles. The molecule has 0 aliphatic heterocycles. The first-order valence-corrected chi connectivity index (χ1v) is 6.94. The summed E-state index contributed by atoms with van der Waals surface area (Å²) in [6.45, 7) is 0. The fourth-order valence-electron chi connectivity index (χ4n) is 1.10. The van der Waals surface area contributed by atoms with E-state index in [9.17, 15) is 9.36 Å². The molecule has 0 saturated carbocycles. The molecule has 0 amide bonds. The fraction of sp³-hybridized carbons (Fsp3) is 0.222. The normalized spacial score (nSPS) is 13.5. The summed E-state index contributed by atoms with van der Waals surface area (Å²) in [5, 5.41) is 0.491. The van der Waals surface area contributed by atoms with Crippen molar-refractivity contribution >= 4 is 36.6 Å². The largest absolute Gasteiger partial charge is 0.342 e. The Kier molecular flexibility index (Phi) is 4.72. The van der Waals surface area contributed by atoms with E-state index in [-0.39, 0.29) is 10.6 Å². The lowest BCUT2D eigenvalue weighted by molar-refractivity contribution is 0.0978. The Balaban J connectivity index is 2.84. The van der Waals surface area contributed by atoms with Gasteiger partial charge in [0.25, 0.3) is 0 Å². The van der Waals surface area contributed by atoms with Crippen molar-refractivity contribution in [2.24, 2.45) is 5.73 Å². The van der Waals surface area contributed by atoms with Crippen LogP contribution in [-0.2, 0) is 4.57 Å². The second kappa shape index (κ2) is 5.48. The number of Topliss-reactive ketones (excluding diaryl/α,β-unsaturated/α-hetero) is 1. The molecule has 0 unspecified atom stereocenters. The van der Waals surface area contributed by atoms with Crippen molar-refractivity contribution in [2.75, 3.05) is 0 Å². The number of rotatable bonds is 4. The Morgan fingerprint density at radius 3 is 2.41 bits per heavy atom. The number of carbonyl (C=O) groups is 1. The monoisotopic (exact) mass is 297 g/mol. The molecule has 1 aromatic rings. The van der Waals surface area contributed by atoms with Gasteiger partial charge in [0.2, 0.25) is 0 Å². The predicted octanol–water partition coefficient (Wildman–Crippen LogP) is 2.03. The smallest absolute Gasteiger partial charge is 0.323 e. The van der Waals surface area contributed by atoms with Crippen molar-refractivity contribution in [3.8, 4) is 0 Å². The van der Waals surface area contributed by atoms with Crippen molar-refractivity contribution in [3.63, 3.8) is 0 Å². The molecule has 0 aliphatic rings. The van der Waals surface area contributed by atoms with Crippen LogP contribution in [0.5, 0.6) is 0 Å². The summed E-state index contributed by atoms with van der Waals surface area (Å²) in [5.74, 6) is -2.01. The van der Waals surface area contributed by atoms with Crippen molar-refractivity contribution in [2.45, 2.75) is 12.2 Å². The number of hydrogen-bond acceptors (Lipinski definition) is 3. The number of nitrogens with two attached hydrogens (primary N) is 1. The number of benzene rings is 1. The van der Waals surface area contributed by atoms with Crippen LogP contribution in [0.2, 0.25) is 10.0 Å². The van der Waals surface area contributed by atoms with Crippen LogP contribution < -0.4 is 5.73 Å². The van der Waals surface area contributed by atoms with Gasteiger partial charge in [0.05, 0.1) is 10.0 Å². The summed E-state index contributed by atoms with van der Waals surface area (Å²) >= 11 is 11.4. The molecule has 0 bridgehead atoms. The van der Waals surface area contributed by atoms with Crippen LogP contribution in [-0.4, -0.2) is 21.4 Å². The van der Waals surface area contributed by atoms with Crippen molar-refractivity contribution < 1.29 is 19.1 Å². The molecule has 17 heavy (non-hydrogen) atoms. The number of carbonyl (C=O) groups excluding carboxylic acids is 1. The van der Waals surface area contributed by atoms with Crippen LogP contribution in [0.1, 0.15) is 16.8 Å². The molecule has 1 rings (SSSR count). The van der Waals surface area contributed by atoms with E-state index in [0.717, 1.165) is 0 Å². The summed E-state index contributed by atoms with van der Waals surface area (Å²) in [5.41, 5.74) is 5.43. The van der Waals surface area contributed by atoms with E-state index in [0.29, 0.717) is 5.02 Å². The molecule has 0 fully saturated rings. The highest BCUT2D eigenvalue weighted by Gasteiger charge is 2.27. The van der Waals surface area contributed by atoms with Gasteiger partial charge in [-0.2, -0.15) is 0 Å². The molecule has 8 heteroatoms. The van der Waals surface area contributed by atoms with Gasteiger partial charge in [0.15, 0.2) is 5.78 Å². The Morgan fingerprint density at radius 2 is 1.94 bits per heavy atom. The van der Waals surface area contributed by atoms with E-state index >= 15 is 0 Å². The minimum atomic E-state index is -4.45. The van der Waals surface area contributed by atoms with Crippen LogP contribution in [0.3, 0.4) is 0 Å². The molecule has 94 valence electrons. The van der Waals surface area contributed by atoms with Crippen molar-refractivity contribution in [1.29, 1.82) is 0 Å². The molecule has 5 nitrogen and oxygen atoms in total. The first-order chi connectivity index (χ1) is 7.71. The highest BCUT2D eigenvalue weighted by molar-refractivity contribution is 7.52. The average Bonchev–Trinajstić information content (AvgIpc) is 2.20. The van der Waals surface area contributed by atoms with E-state index in [1.165, 1.54) is 18.2 Å². The number of ketones is 1. The Labute approximate surface area is 108 Å². The number of halogens is 2. The average molecular weight is 298 g/mol. The van der Waals surface area contributed by atoms with Gasteiger partial charge in [0, 0.05) is 12.0 Å². The molecular formula is C9H10Cl2NO4P. The minimum absolute atomic E-state index is 0.197. The van der Waals surface area contributed by atoms with E-state index in [4.69, 9.17) is 38.7 Å². The SMILES string of the molecule is N[C@H](CC(=O)c1ccc(Cl)c(Cl)c1)P(=O)(O)O. The molecule has 0 aromatic heterocycles. The van der Waals surface area contributed by atoms with E-state index in [1.54, 1.807) is 0 Å². The summed E-state index contributed by atoms with van der Waals surface area (Å²) in [4.78, 5) is 29.2. The van der Waals surface area contributed by atoms with Gasteiger partial charge in [-0.1, -0.05) is 23.2 Å². The third kappa shape index (κ3) is 4.07. The first-order valence-electron chi connectivity index (χ1n) is 4.51. The molecular weight excluding hydrogens is 288 g/mol. The molecule has 4 N–H and O–H groups in total. The summed E-state index contributed by atoms with van der Waals surface area (Å²) in [6.07, 6.45) is -0.456. The lowest BCUT2D eigenvalue weighted by Gasteiger charge is -2.12. The maximum absolute atomic E-state index is 11.6. The Hall–Kier alpha value is -0.420. The van der Waals surface area contributed by atoms with Gasteiger partial charge in [-0.15, -0.1) is 0 Å². The van der Waals surface area contributed by atoms with Gasteiger partial charge in [-0.25, -0.2) is 0 Å². The van der Waals surface area contributed by atoms with Crippen LogP contribution in [0.25, 0.3) is 0 Å². The topological polar surface area (TPSA) is 101 Å². The second-order valence-electron chi connectivity index (χ2n) is 3.41. The molecule has 1 atom stereocenters. The van der Waals surface area contributed by atoms with Crippen LogP contribution in [0.4, 0.5) is 0 Å². The molecule has 0 heterocycles. The van der Waals surface area contributed by atoms with Gasteiger partial charge in [-0.3, -0.25) is 9.36 Å². The lowest BCUT2D eigenvalue weighted by atomic mass is 10.1. The fourth-order valence-corrected chi connectivity index (χ4v) is 1.80. The molecule has 0 spiro atoms. The molecule has 0 saturated heterocycles. The highest BCUT2D eigenvalue weighted by atomic mass is 35.5. The van der Waals surface area contributed by atoms with E-state index in [1.807, 2.05) is 0 Å². The van der Waals surface area contributed by atoms with Crippen molar-refractivity contribution in [3.05, 3.63) is 33.8 Å². The summed E-state index contributed by atoms with van der Waals surface area (Å²) in [7, 11) is -4.45. The maximum Gasteiger partial charge on any atom is 0.342 e. The summed E-state index contributed by atoms with van der Waals surface area (Å²) < 4.78 is 10.8. The van der Waals surface area contributed by atoms with Gasteiger partial charge in [-0.05, 0) is 18.2 Å². The van der Waals surface area contributed by atoms with Crippen molar-refractivity contribution in [1.82, 2.24) is 0 Å². The molecule has 0 radical (unpaired) electrons. The Bertz CT molecular complexity index is 488. The zero-order chi connectivity index (χ0) is 13.2. The van der Waals surface area contributed by atoms with Crippen LogP contribution in [0, 0.1) is 0 Å². The maximum atomic E-state index is 11.6. The van der Waals surface area contributed by atoms with Gasteiger partial charge < -0.3 is 15.5 Å². The predicted molar refractivity (Wildman–Crippen MR) is 65.4 cm³/mol. The minimum Gasteiger partial charge on any atom is -0.323 e. The third-order valence-corrected chi connectivity index (χ3v) is 3.85. The quantitative estimate of drug-likeness (QED) is 0.583. The third-order valence-electron chi connectivity index (χ3n) is 2.07. The molecule has 0 aliphatic carbocycles. The zero-order valence-electron chi connectivity index (χ0n) is 8.51. The van der Waals surface area contributed by atoms with E-state index in [2.05, 4.69) is 0 Å². The van der Waals surface area contributed by atoms with Crippen LogP contribution >= 0.6 is 30.8 Å². The summed E-state index contributed by atoms with van der Waals surface area (Å²) in [6, 6.07) is 4.18.